The normalized spacial score (nSPS) is 24.3. The van der Waals surface area contributed by atoms with Gasteiger partial charge in [0.05, 0.1) is 5.56 Å². The molecule has 1 aromatic rings. The second-order valence-corrected chi connectivity index (χ2v) is 4.70. The molecule has 0 aromatic heterocycles. The molecule has 16 heavy (non-hydrogen) atoms. The van der Waals surface area contributed by atoms with Crippen LogP contribution in [0, 0.1) is 0 Å². The lowest BCUT2D eigenvalue weighted by atomic mass is 10.2. The first kappa shape index (κ1) is 11.7. The number of halogens is 4. The Labute approximate surface area is 99.1 Å². The van der Waals surface area contributed by atoms with Crippen molar-refractivity contribution in [3.8, 4) is 0 Å². The van der Waals surface area contributed by atoms with E-state index in [4.69, 9.17) is 5.73 Å². The zero-order valence-electron chi connectivity index (χ0n) is 8.18. The Bertz CT molecular complexity index is 406. The number of benzene rings is 1. The van der Waals surface area contributed by atoms with E-state index in [-0.39, 0.29) is 12.1 Å². The fourth-order valence-electron chi connectivity index (χ4n) is 1.39. The Kier molecular flexibility index (Phi) is 2.88. The molecule has 1 aliphatic carbocycles. The van der Waals surface area contributed by atoms with Crippen molar-refractivity contribution in [3.63, 3.8) is 0 Å². The average molecular weight is 295 g/mol. The highest BCUT2D eigenvalue weighted by Crippen LogP contribution is 2.35. The fraction of sp³-hybridized carbons (Fsp3) is 0.400. The molecule has 1 aromatic carbocycles. The lowest BCUT2D eigenvalue weighted by Gasteiger charge is -2.11. The van der Waals surface area contributed by atoms with E-state index in [9.17, 15) is 13.2 Å². The van der Waals surface area contributed by atoms with Crippen LogP contribution in [-0.4, -0.2) is 12.1 Å². The molecular formula is C10H10BrF3N2. The molecular weight excluding hydrogens is 285 g/mol. The van der Waals surface area contributed by atoms with Crippen molar-refractivity contribution in [1.82, 2.24) is 0 Å². The van der Waals surface area contributed by atoms with E-state index in [0.29, 0.717) is 10.2 Å². The highest BCUT2D eigenvalue weighted by Gasteiger charge is 2.34. The van der Waals surface area contributed by atoms with Crippen molar-refractivity contribution in [1.29, 1.82) is 0 Å². The molecule has 2 rings (SSSR count). The van der Waals surface area contributed by atoms with Crippen LogP contribution in [0.25, 0.3) is 0 Å². The maximum Gasteiger partial charge on any atom is 0.416 e. The zero-order chi connectivity index (χ0) is 11.9. The third kappa shape index (κ3) is 2.49. The van der Waals surface area contributed by atoms with E-state index in [0.717, 1.165) is 18.6 Å². The smallest absolute Gasteiger partial charge is 0.380 e. The summed E-state index contributed by atoms with van der Waals surface area (Å²) in [6, 6.07) is 3.82. The molecule has 0 amide bonds. The summed E-state index contributed by atoms with van der Waals surface area (Å²) in [6.07, 6.45) is -3.45. The first-order valence-corrected chi connectivity index (χ1v) is 5.56. The first-order chi connectivity index (χ1) is 7.38. The topological polar surface area (TPSA) is 38.0 Å². The van der Waals surface area contributed by atoms with Crippen LogP contribution in [0.3, 0.4) is 0 Å². The van der Waals surface area contributed by atoms with E-state index < -0.39 is 11.7 Å². The third-order valence-corrected chi connectivity index (χ3v) is 3.13. The molecule has 1 saturated carbocycles. The number of nitrogens with two attached hydrogens (primary N) is 1. The molecule has 6 heteroatoms. The van der Waals surface area contributed by atoms with Crippen LogP contribution >= 0.6 is 15.9 Å². The van der Waals surface area contributed by atoms with E-state index in [1.54, 1.807) is 0 Å². The molecule has 2 unspecified atom stereocenters. The highest BCUT2D eigenvalue weighted by molar-refractivity contribution is 9.10. The number of rotatable bonds is 2. The largest absolute Gasteiger partial charge is 0.416 e. The van der Waals surface area contributed by atoms with Crippen LogP contribution in [0.1, 0.15) is 12.0 Å². The molecule has 0 heterocycles. The van der Waals surface area contributed by atoms with E-state index in [2.05, 4.69) is 21.2 Å². The summed E-state index contributed by atoms with van der Waals surface area (Å²) in [5.41, 5.74) is 5.59. The van der Waals surface area contributed by atoms with Gasteiger partial charge in [0, 0.05) is 22.2 Å². The van der Waals surface area contributed by atoms with Crippen LogP contribution < -0.4 is 11.1 Å². The predicted molar refractivity (Wildman–Crippen MR) is 59.1 cm³/mol. The molecule has 3 N–H and O–H groups in total. The summed E-state index contributed by atoms with van der Waals surface area (Å²) >= 11 is 3.11. The molecule has 0 radical (unpaired) electrons. The summed E-state index contributed by atoms with van der Waals surface area (Å²) in [5, 5.41) is 3.07. The Morgan fingerprint density at radius 1 is 1.38 bits per heavy atom. The molecule has 0 spiro atoms. The van der Waals surface area contributed by atoms with Gasteiger partial charge in [-0.05, 0) is 40.5 Å². The number of alkyl halides is 3. The predicted octanol–water partition coefficient (Wildman–Crippen LogP) is 2.98. The zero-order valence-corrected chi connectivity index (χ0v) is 9.77. The average Bonchev–Trinajstić information content (AvgIpc) is 2.84. The van der Waals surface area contributed by atoms with Gasteiger partial charge in [-0.2, -0.15) is 13.2 Å². The van der Waals surface area contributed by atoms with Crippen molar-refractivity contribution >= 4 is 21.6 Å². The van der Waals surface area contributed by atoms with Crippen LogP contribution in [-0.2, 0) is 6.18 Å². The van der Waals surface area contributed by atoms with Gasteiger partial charge in [-0.1, -0.05) is 0 Å². The minimum absolute atomic E-state index is 0.106. The molecule has 2 atom stereocenters. The van der Waals surface area contributed by atoms with E-state index in [1.165, 1.54) is 6.07 Å². The summed E-state index contributed by atoms with van der Waals surface area (Å²) in [4.78, 5) is 0. The first-order valence-electron chi connectivity index (χ1n) is 4.77. The quantitative estimate of drug-likeness (QED) is 0.880. The van der Waals surface area contributed by atoms with Gasteiger partial charge >= 0.3 is 6.18 Å². The summed E-state index contributed by atoms with van der Waals surface area (Å²) in [5.74, 6) is 0. The number of hydrogen-bond donors (Lipinski definition) is 2. The van der Waals surface area contributed by atoms with Gasteiger partial charge in [0.25, 0.3) is 0 Å². The van der Waals surface area contributed by atoms with Gasteiger partial charge in [0.2, 0.25) is 0 Å². The van der Waals surface area contributed by atoms with Gasteiger partial charge in [-0.15, -0.1) is 0 Å². The second-order valence-electron chi connectivity index (χ2n) is 3.84. The van der Waals surface area contributed by atoms with Crippen LogP contribution in [0.5, 0.6) is 0 Å². The Morgan fingerprint density at radius 3 is 2.44 bits per heavy atom. The Hall–Kier alpha value is -0.750. The van der Waals surface area contributed by atoms with Crippen molar-refractivity contribution in [2.24, 2.45) is 5.73 Å². The van der Waals surface area contributed by atoms with Crippen LogP contribution in [0.4, 0.5) is 18.9 Å². The van der Waals surface area contributed by atoms with Gasteiger partial charge in [-0.3, -0.25) is 0 Å². The molecule has 88 valence electrons. The summed E-state index contributed by atoms with van der Waals surface area (Å²) < 4.78 is 37.5. The molecule has 0 aliphatic heterocycles. The SMILES string of the molecule is NC1CC1Nc1ccc(C(F)(F)F)cc1Br. The highest BCUT2D eigenvalue weighted by atomic mass is 79.9. The summed E-state index contributed by atoms with van der Waals surface area (Å²) in [6.45, 7) is 0. The molecule has 1 fully saturated rings. The maximum absolute atomic E-state index is 12.4. The summed E-state index contributed by atoms with van der Waals surface area (Å²) in [7, 11) is 0. The fourth-order valence-corrected chi connectivity index (χ4v) is 1.88. The van der Waals surface area contributed by atoms with Gasteiger partial charge < -0.3 is 11.1 Å². The second kappa shape index (κ2) is 3.92. The van der Waals surface area contributed by atoms with Gasteiger partial charge in [-0.25, -0.2) is 0 Å². The van der Waals surface area contributed by atoms with Crippen molar-refractivity contribution in [2.75, 3.05) is 5.32 Å². The van der Waals surface area contributed by atoms with Crippen molar-refractivity contribution in [2.45, 2.75) is 24.7 Å². The van der Waals surface area contributed by atoms with Crippen LogP contribution in [0.2, 0.25) is 0 Å². The number of hydrogen-bond acceptors (Lipinski definition) is 2. The number of nitrogens with one attached hydrogen (secondary N) is 1. The minimum Gasteiger partial charge on any atom is -0.380 e. The molecule has 2 nitrogen and oxygen atoms in total. The monoisotopic (exact) mass is 294 g/mol. The standard InChI is InChI=1S/C10H10BrF3N2/c11-6-3-5(10(12,13)14)1-2-8(6)16-9-4-7(9)15/h1-3,7,9,16H,4,15H2. The van der Waals surface area contributed by atoms with E-state index >= 15 is 0 Å². The van der Waals surface area contributed by atoms with Crippen LogP contribution in [0.15, 0.2) is 22.7 Å². The maximum atomic E-state index is 12.4. The third-order valence-electron chi connectivity index (χ3n) is 2.48. The van der Waals surface area contributed by atoms with Gasteiger partial charge in [0.15, 0.2) is 0 Å². The Morgan fingerprint density at radius 2 is 2.00 bits per heavy atom. The molecule has 1 aliphatic rings. The lowest BCUT2D eigenvalue weighted by molar-refractivity contribution is -0.137. The molecule has 0 bridgehead atoms. The molecule has 0 saturated heterocycles. The Balaban J connectivity index is 2.16. The van der Waals surface area contributed by atoms with E-state index in [1.807, 2.05) is 0 Å². The van der Waals surface area contributed by atoms with Gasteiger partial charge in [0.1, 0.15) is 0 Å². The lowest BCUT2D eigenvalue weighted by Crippen LogP contribution is -2.13. The minimum atomic E-state index is -4.31. The number of anilines is 1. The van der Waals surface area contributed by atoms with Crippen molar-refractivity contribution < 1.29 is 13.2 Å². The van der Waals surface area contributed by atoms with Crippen molar-refractivity contribution in [3.05, 3.63) is 28.2 Å².